The Balaban J connectivity index is 1.77. The van der Waals surface area contributed by atoms with E-state index in [0.29, 0.717) is 21.3 Å². The van der Waals surface area contributed by atoms with Crippen molar-refractivity contribution in [3.8, 4) is 6.07 Å². The van der Waals surface area contributed by atoms with Crippen LogP contribution in [0.1, 0.15) is 40.7 Å². The normalized spacial score (nSPS) is 14.8. The molecule has 0 saturated heterocycles. The lowest BCUT2D eigenvalue weighted by molar-refractivity contribution is -0.138. The van der Waals surface area contributed by atoms with Crippen molar-refractivity contribution in [1.82, 2.24) is 5.32 Å². The molecule has 40 heavy (non-hydrogen) atoms. The summed E-state index contributed by atoms with van der Waals surface area (Å²) in [4.78, 5) is 26.5. The number of esters is 1. The molecule has 0 saturated carbocycles. The SMILES string of the molecule is CCOC(=O)C1=C(c2ccccc2)NC(SCC(=O)Nc2c(C)cc(C)cc2C)=C(C#N)C1c1ccccc1Cl. The lowest BCUT2D eigenvalue weighted by Gasteiger charge is -2.31. The van der Waals surface area contributed by atoms with Gasteiger partial charge in [0.25, 0.3) is 0 Å². The standard InChI is InChI=1S/C32H30ClN3O3S/c1-5-39-32(38)28-27(23-13-9-10-14-25(23)33)24(17-34)31(36-30(28)22-11-7-6-8-12-22)40-18-26(37)35-29-20(3)15-19(2)16-21(29)4/h6-16,27,36H,5,18H2,1-4H3,(H,35,37). The summed E-state index contributed by atoms with van der Waals surface area (Å²) in [7, 11) is 0. The first-order valence-electron chi connectivity index (χ1n) is 12.9. The largest absolute Gasteiger partial charge is 0.463 e. The zero-order valence-electron chi connectivity index (χ0n) is 22.8. The number of amides is 1. The Morgan fingerprint density at radius 3 is 2.33 bits per heavy atom. The molecule has 1 heterocycles. The number of aryl methyl sites for hydroxylation is 3. The van der Waals surface area contributed by atoms with Gasteiger partial charge in [0, 0.05) is 10.7 Å². The molecule has 3 aromatic carbocycles. The van der Waals surface area contributed by atoms with Gasteiger partial charge in [-0.1, -0.05) is 89.6 Å². The molecule has 6 nitrogen and oxygen atoms in total. The van der Waals surface area contributed by atoms with Crippen LogP contribution < -0.4 is 10.6 Å². The second kappa shape index (κ2) is 12.9. The van der Waals surface area contributed by atoms with Gasteiger partial charge >= 0.3 is 5.97 Å². The van der Waals surface area contributed by atoms with Crippen molar-refractivity contribution in [2.24, 2.45) is 0 Å². The molecule has 204 valence electrons. The number of anilines is 1. The van der Waals surface area contributed by atoms with Gasteiger partial charge in [0.1, 0.15) is 0 Å². The Morgan fingerprint density at radius 1 is 1.05 bits per heavy atom. The van der Waals surface area contributed by atoms with Crippen molar-refractivity contribution in [2.45, 2.75) is 33.6 Å². The molecule has 1 amide bonds. The number of dihydropyridines is 1. The molecule has 1 atom stereocenters. The van der Waals surface area contributed by atoms with Crippen LogP contribution in [-0.4, -0.2) is 24.2 Å². The monoisotopic (exact) mass is 571 g/mol. The third-order valence-electron chi connectivity index (χ3n) is 6.51. The van der Waals surface area contributed by atoms with E-state index in [1.165, 1.54) is 11.8 Å². The van der Waals surface area contributed by atoms with Crippen molar-refractivity contribution in [1.29, 1.82) is 5.26 Å². The first-order chi connectivity index (χ1) is 19.2. The van der Waals surface area contributed by atoms with Crippen molar-refractivity contribution in [3.05, 3.63) is 116 Å². The van der Waals surface area contributed by atoms with E-state index in [2.05, 4.69) is 16.7 Å². The number of benzene rings is 3. The van der Waals surface area contributed by atoms with Crippen LogP contribution in [0, 0.1) is 32.1 Å². The van der Waals surface area contributed by atoms with Gasteiger partial charge in [-0.15, -0.1) is 0 Å². The van der Waals surface area contributed by atoms with E-state index in [1.807, 2.05) is 69.3 Å². The number of carbonyl (C=O) groups is 2. The van der Waals surface area contributed by atoms with Gasteiger partial charge < -0.3 is 15.4 Å². The number of allylic oxidation sites excluding steroid dienone is 1. The van der Waals surface area contributed by atoms with Crippen LogP contribution >= 0.6 is 23.4 Å². The van der Waals surface area contributed by atoms with Crippen LogP contribution in [0.3, 0.4) is 0 Å². The summed E-state index contributed by atoms with van der Waals surface area (Å²) in [5.74, 6) is -1.49. The van der Waals surface area contributed by atoms with E-state index >= 15 is 0 Å². The molecule has 4 rings (SSSR count). The van der Waals surface area contributed by atoms with Crippen LogP contribution in [0.25, 0.3) is 5.70 Å². The molecular weight excluding hydrogens is 542 g/mol. The summed E-state index contributed by atoms with van der Waals surface area (Å²) < 4.78 is 5.47. The maximum Gasteiger partial charge on any atom is 0.337 e. The smallest absolute Gasteiger partial charge is 0.337 e. The topological polar surface area (TPSA) is 91.2 Å². The van der Waals surface area contributed by atoms with Gasteiger partial charge in [0.15, 0.2) is 0 Å². The van der Waals surface area contributed by atoms with E-state index in [9.17, 15) is 14.9 Å². The second-order valence-electron chi connectivity index (χ2n) is 9.42. The minimum Gasteiger partial charge on any atom is -0.463 e. The number of hydrogen-bond acceptors (Lipinski definition) is 6. The summed E-state index contributed by atoms with van der Waals surface area (Å²) in [6.07, 6.45) is 0. The van der Waals surface area contributed by atoms with Crippen LogP contribution in [0.5, 0.6) is 0 Å². The summed E-state index contributed by atoms with van der Waals surface area (Å²) in [5.41, 5.74) is 6.31. The van der Waals surface area contributed by atoms with Crippen molar-refractivity contribution in [2.75, 3.05) is 17.7 Å². The van der Waals surface area contributed by atoms with Gasteiger partial charge in [-0.2, -0.15) is 5.26 Å². The second-order valence-corrected chi connectivity index (χ2v) is 10.8. The summed E-state index contributed by atoms with van der Waals surface area (Å²) in [6.45, 7) is 7.85. The Hall–Kier alpha value is -3.99. The summed E-state index contributed by atoms with van der Waals surface area (Å²) in [5, 5.41) is 17.6. The molecule has 0 aliphatic carbocycles. The Morgan fingerprint density at radius 2 is 1.70 bits per heavy atom. The molecule has 1 aliphatic heterocycles. The molecule has 0 spiro atoms. The van der Waals surface area contributed by atoms with Crippen molar-refractivity contribution in [3.63, 3.8) is 0 Å². The average molecular weight is 572 g/mol. The number of nitriles is 1. The Kier molecular flexibility index (Phi) is 9.36. The quantitative estimate of drug-likeness (QED) is 0.282. The summed E-state index contributed by atoms with van der Waals surface area (Å²) in [6, 6.07) is 22.8. The predicted molar refractivity (Wildman–Crippen MR) is 162 cm³/mol. The number of ether oxygens (including phenoxy) is 1. The fourth-order valence-corrected chi connectivity index (χ4v) is 5.95. The number of nitrogens with one attached hydrogen (secondary N) is 2. The molecule has 0 radical (unpaired) electrons. The number of thioether (sulfide) groups is 1. The number of nitrogens with zero attached hydrogens (tertiary/aromatic N) is 1. The molecule has 0 aromatic heterocycles. The highest BCUT2D eigenvalue weighted by Gasteiger charge is 2.38. The number of rotatable bonds is 8. The summed E-state index contributed by atoms with van der Waals surface area (Å²) >= 11 is 7.84. The minimum atomic E-state index is -0.790. The third-order valence-corrected chi connectivity index (χ3v) is 7.87. The van der Waals surface area contributed by atoms with E-state index in [0.717, 1.165) is 27.9 Å². The minimum absolute atomic E-state index is 0.0479. The molecule has 2 N–H and O–H groups in total. The van der Waals surface area contributed by atoms with Crippen LogP contribution in [-0.2, 0) is 14.3 Å². The lowest BCUT2D eigenvalue weighted by Crippen LogP contribution is -2.30. The highest BCUT2D eigenvalue weighted by atomic mass is 35.5. The number of halogens is 1. The van der Waals surface area contributed by atoms with Gasteiger partial charge in [0.2, 0.25) is 5.91 Å². The highest BCUT2D eigenvalue weighted by Crippen LogP contribution is 2.45. The van der Waals surface area contributed by atoms with E-state index in [-0.39, 0.29) is 29.4 Å². The van der Waals surface area contributed by atoms with Gasteiger partial charge in [0.05, 0.1) is 46.2 Å². The fourth-order valence-electron chi connectivity index (χ4n) is 4.87. The average Bonchev–Trinajstić information content (AvgIpc) is 2.93. The van der Waals surface area contributed by atoms with E-state index < -0.39 is 11.9 Å². The number of carbonyl (C=O) groups excluding carboxylic acids is 2. The first kappa shape index (κ1) is 29.0. The first-order valence-corrected chi connectivity index (χ1v) is 14.2. The van der Waals surface area contributed by atoms with Gasteiger partial charge in [-0.05, 0) is 56.0 Å². The van der Waals surface area contributed by atoms with Crippen LogP contribution in [0.2, 0.25) is 5.02 Å². The van der Waals surface area contributed by atoms with Crippen LogP contribution in [0.4, 0.5) is 5.69 Å². The van der Waals surface area contributed by atoms with E-state index in [4.69, 9.17) is 16.3 Å². The van der Waals surface area contributed by atoms with Crippen molar-refractivity contribution >= 4 is 46.6 Å². The Bertz CT molecular complexity index is 1530. The maximum atomic E-state index is 13.4. The zero-order valence-corrected chi connectivity index (χ0v) is 24.4. The third kappa shape index (κ3) is 6.25. The van der Waals surface area contributed by atoms with E-state index in [1.54, 1.807) is 25.1 Å². The molecular formula is C32H30ClN3O3S. The maximum absolute atomic E-state index is 13.4. The predicted octanol–water partition coefficient (Wildman–Crippen LogP) is 7.03. The molecule has 1 aliphatic rings. The molecule has 3 aromatic rings. The molecule has 0 bridgehead atoms. The van der Waals surface area contributed by atoms with Gasteiger partial charge in [-0.25, -0.2) is 4.79 Å². The zero-order chi connectivity index (χ0) is 28.8. The van der Waals surface area contributed by atoms with Gasteiger partial charge in [-0.3, -0.25) is 4.79 Å². The van der Waals surface area contributed by atoms with Crippen molar-refractivity contribution < 1.29 is 14.3 Å². The molecule has 8 heteroatoms. The Labute approximate surface area is 244 Å². The van der Waals surface area contributed by atoms with Crippen LogP contribution in [0.15, 0.2) is 82.9 Å². The molecule has 0 fully saturated rings. The lowest BCUT2D eigenvalue weighted by atomic mass is 9.81. The highest BCUT2D eigenvalue weighted by molar-refractivity contribution is 8.03. The molecule has 1 unspecified atom stereocenters. The fraction of sp³-hybridized carbons (Fsp3) is 0.219. The number of hydrogen-bond donors (Lipinski definition) is 2.